The van der Waals surface area contributed by atoms with Crippen LogP contribution in [0.3, 0.4) is 0 Å². The van der Waals surface area contributed by atoms with Crippen molar-refractivity contribution in [1.29, 1.82) is 5.26 Å². The van der Waals surface area contributed by atoms with Crippen LogP contribution in [0.2, 0.25) is 0 Å². The summed E-state index contributed by atoms with van der Waals surface area (Å²) in [7, 11) is 4.09. The summed E-state index contributed by atoms with van der Waals surface area (Å²) in [5.41, 5.74) is 0.633. The van der Waals surface area contributed by atoms with Gasteiger partial charge < -0.3 is 10.2 Å². The van der Waals surface area contributed by atoms with Crippen molar-refractivity contribution in [3.05, 3.63) is 17.8 Å². The molecular formula is C12H19N5. The predicted molar refractivity (Wildman–Crippen MR) is 67.6 cm³/mol. The zero-order valence-corrected chi connectivity index (χ0v) is 10.9. The minimum atomic E-state index is 0.105. The van der Waals surface area contributed by atoms with Crippen molar-refractivity contribution in [2.45, 2.75) is 13.8 Å². The monoisotopic (exact) mass is 233 g/mol. The van der Waals surface area contributed by atoms with Crippen LogP contribution in [0.5, 0.6) is 0 Å². The zero-order chi connectivity index (χ0) is 12.9. The highest BCUT2D eigenvalue weighted by molar-refractivity contribution is 5.50. The van der Waals surface area contributed by atoms with Gasteiger partial charge in [0.25, 0.3) is 0 Å². The van der Waals surface area contributed by atoms with Crippen molar-refractivity contribution in [3.63, 3.8) is 0 Å². The Morgan fingerprint density at radius 2 is 2.18 bits per heavy atom. The molecule has 1 aromatic heterocycles. The molecule has 0 saturated heterocycles. The number of rotatable bonds is 5. The molecule has 0 fully saturated rings. The van der Waals surface area contributed by atoms with Gasteiger partial charge in [-0.25, -0.2) is 0 Å². The summed E-state index contributed by atoms with van der Waals surface area (Å²) in [6, 6.07) is 3.76. The average molecular weight is 233 g/mol. The van der Waals surface area contributed by atoms with Crippen LogP contribution >= 0.6 is 0 Å². The summed E-state index contributed by atoms with van der Waals surface area (Å²) in [6.07, 6.45) is 1.52. The Kier molecular flexibility index (Phi) is 4.41. The molecule has 0 aliphatic heterocycles. The number of nitrogens with one attached hydrogen (secondary N) is 1. The van der Waals surface area contributed by atoms with E-state index in [4.69, 9.17) is 5.26 Å². The first-order valence-electron chi connectivity index (χ1n) is 5.55. The average Bonchev–Trinajstić information content (AvgIpc) is 2.25. The second-order valence-electron chi connectivity index (χ2n) is 5.16. The first kappa shape index (κ1) is 13.4. The second-order valence-corrected chi connectivity index (χ2v) is 5.16. The lowest BCUT2D eigenvalue weighted by Gasteiger charge is -2.28. The third-order valence-electron chi connectivity index (χ3n) is 2.32. The maximum Gasteiger partial charge on any atom is 0.166 e. The van der Waals surface area contributed by atoms with E-state index in [1.807, 2.05) is 14.1 Å². The number of hydrogen-bond donors (Lipinski definition) is 1. The van der Waals surface area contributed by atoms with Gasteiger partial charge in [-0.05, 0) is 25.6 Å². The van der Waals surface area contributed by atoms with Gasteiger partial charge in [0, 0.05) is 13.1 Å². The molecule has 0 aliphatic rings. The summed E-state index contributed by atoms with van der Waals surface area (Å²) in [5.74, 6) is 0.557. The van der Waals surface area contributed by atoms with Gasteiger partial charge in [-0.3, -0.25) is 0 Å². The van der Waals surface area contributed by atoms with E-state index >= 15 is 0 Å². The van der Waals surface area contributed by atoms with Gasteiger partial charge in [-0.15, -0.1) is 5.10 Å². The van der Waals surface area contributed by atoms with E-state index < -0.39 is 0 Å². The minimum Gasteiger partial charge on any atom is -0.367 e. The van der Waals surface area contributed by atoms with Crippen molar-refractivity contribution < 1.29 is 0 Å². The molecule has 1 rings (SSSR count). The molecule has 1 N–H and O–H groups in total. The van der Waals surface area contributed by atoms with Gasteiger partial charge >= 0.3 is 0 Å². The van der Waals surface area contributed by atoms with E-state index in [0.717, 1.165) is 13.1 Å². The maximum absolute atomic E-state index is 8.93. The molecule has 92 valence electrons. The van der Waals surface area contributed by atoms with Crippen LogP contribution in [0.4, 0.5) is 5.82 Å². The number of nitriles is 1. The van der Waals surface area contributed by atoms with Crippen LogP contribution in [-0.2, 0) is 0 Å². The summed E-state index contributed by atoms with van der Waals surface area (Å²) in [4.78, 5) is 2.14. The molecule has 1 heterocycles. The standard InChI is InChI=1S/C12H19N5/c1-12(2,9-17(3)4)8-14-11-10(7-13)5-6-15-16-11/h5-6H,8-9H2,1-4H3,(H,14,16). The van der Waals surface area contributed by atoms with Gasteiger partial charge in [0.2, 0.25) is 0 Å². The van der Waals surface area contributed by atoms with Gasteiger partial charge in [0.1, 0.15) is 6.07 Å². The minimum absolute atomic E-state index is 0.105. The first-order chi connectivity index (χ1) is 7.94. The van der Waals surface area contributed by atoms with Crippen molar-refractivity contribution in [2.75, 3.05) is 32.5 Å². The summed E-state index contributed by atoms with van der Waals surface area (Å²) < 4.78 is 0. The highest BCUT2D eigenvalue weighted by Crippen LogP contribution is 2.17. The molecule has 0 unspecified atom stereocenters. The molecule has 5 heteroatoms. The van der Waals surface area contributed by atoms with Gasteiger partial charge in [-0.2, -0.15) is 10.4 Å². The number of aromatic nitrogens is 2. The topological polar surface area (TPSA) is 64.8 Å². The van der Waals surface area contributed by atoms with Gasteiger partial charge in [0.05, 0.1) is 11.8 Å². The van der Waals surface area contributed by atoms with E-state index in [-0.39, 0.29) is 5.41 Å². The Morgan fingerprint density at radius 1 is 1.47 bits per heavy atom. The third kappa shape index (κ3) is 4.37. The molecule has 0 bridgehead atoms. The molecular weight excluding hydrogens is 214 g/mol. The number of anilines is 1. The van der Waals surface area contributed by atoms with E-state index in [1.165, 1.54) is 6.20 Å². The molecule has 0 radical (unpaired) electrons. The Labute approximate surface area is 102 Å². The van der Waals surface area contributed by atoms with E-state index in [9.17, 15) is 0 Å². The van der Waals surface area contributed by atoms with Crippen LogP contribution < -0.4 is 5.32 Å². The highest BCUT2D eigenvalue weighted by atomic mass is 15.2. The molecule has 0 aromatic carbocycles. The lowest BCUT2D eigenvalue weighted by molar-refractivity contribution is 0.254. The van der Waals surface area contributed by atoms with Crippen LogP contribution in [0.15, 0.2) is 12.3 Å². The van der Waals surface area contributed by atoms with Gasteiger partial charge in [0.15, 0.2) is 5.82 Å². The number of hydrogen-bond acceptors (Lipinski definition) is 5. The second kappa shape index (κ2) is 5.60. The van der Waals surface area contributed by atoms with Crippen molar-refractivity contribution >= 4 is 5.82 Å². The maximum atomic E-state index is 8.93. The summed E-state index contributed by atoms with van der Waals surface area (Å²) in [5, 5.41) is 19.8. The fraction of sp³-hybridized carbons (Fsp3) is 0.583. The molecule has 17 heavy (non-hydrogen) atoms. The number of nitrogens with zero attached hydrogens (tertiary/aromatic N) is 4. The van der Waals surface area contributed by atoms with Crippen molar-refractivity contribution in [2.24, 2.45) is 5.41 Å². The summed E-state index contributed by atoms with van der Waals surface area (Å²) >= 11 is 0. The molecule has 0 aliphatic carbocycles. The van der Waals surface area contributed by atoms with Crippen molar-refractivity contribution in [3.8, 4) is 6.07 Å². The van der Waals surface area contributed by atoms with E-state index in [1.54, 1.807) is 6.07 Å². The van der Waals surface area contributed by atoms with Crippen LogP contribution in [0.25, 0.3) is 0 Å². The normalized spacial score (nSPS) is 11.3. The molecule has 0 spiro atoms. The Morgan fingerprint density at radius 3 is 2.76 bits per heavy atom. The predicted octanol–water partition coefficient (Wildman–Crippen LogP) is 1.35. The SMILES string of the molecule is CN(C)CC(C)(C)CNc1nnccc1C#N. The first-order valence-corrected chi connectivity index (χ1v) is 5.55. The van der Waals surface area contributed by atoms with Crippen LogP contribution in [0, 0.1) is 16.7 Å². The van der Waals surface area contributed by atoms with Crippen LogP contribution in [-0.4, -0.2) is 42.3 Å². The zero-order valence-electron chi connectivity index (χ0n) is 10.9. The van der Waals surface area contributed by atoms with Crippen LogP contribution in [0.1, 0.15) is 19.4 Å². The Hall–Kier alpha value is -1.67. The Bertz CT molecular complexity index is 406. The van der Waals surface area contributed by atoms with E-state index in [0.29, 0.717) is 11.4 Å². The largest absolute Gasteiger partial charge is 0.367 e. The molecule has 1 aromatic rings. The Balaban J connectivity index is 2.64. The lowest BCUT2D eigenvalue weighted by atomic mass is 9.93. The third-order valence-corrected chi connectivity index (χ3v) is 2.32. The fourth-order valence-electron chi connectivity index (χ4n) is 1.79. The van der Waals surface area contributed by atoms with E-state index in [2.05, 4.69) is 40.3 Å². The van der Waals surface area contributed by atoms with Crippen molar-refractivity contribution in [1.82, 2.24) is 15.1 Å². The molecule has 0 atom stereocenters. The highest BCUT2D eigenvalue weighted by Gasteiger charge is 2.19. The fourth-order valence-corrected chi connectivity index (χ4v) is 1.79. The molecule has 5 nitrogen and oxygen atoms in total. The van der Waals surface area contributed by atoms with Gasteiger partial charge in [-0.1, -0.05) is 13.8 Å². The quantitative estimate of drug-likeness (QED) is 0.831. The summed E-state index contributed by atoms with van der Waals surface area (Å²) in [6.45, 7) is 6.05. The smallest absolute Gasteiger partial charge is 0.166 e. The molecule has 0 saturated carbocycles. The lowest BCUT2D eigenvalue weighted by Crippen LogP contribution is -2.34. The molecule has 0 amide bonds.